The predicted molar refractivity (Wildman–Crippen MR) is 81.3 cm³/mol. The van der Waals surface area contributed by atoms with Gasteiger partial charge in [0.05, 0.1) is 6.61 Å². The first-order valence-corrected chi connectivity index (χ1v) is 8.11. The van der Waals surface area contributed by atoms with Crippen LogP contribution < -0.4 is 0 Å². The molecule has 2 fully saturated rings. The van der Waals surface area contributed by atoms with E-state index in [0.717, 1.165) is 25.9 Å². The average Bonchev–Trinajstić information content (AvgIpc) is 3.02. The Hall–Kier alpha value is -0.280. The summed E-state index contributed by atoms with van der Waals surface area (Å²) in [5.74, 6) is 0.500. The zero-order valence-corrected chi connectivity index (χ0v) is 12.9. The Morgan fingerprint density at radius 2 is 2.00 bits per heavy atom. The Balaban J connectivity index is 1.48. The molecule has 0 N–H and O–H groups in total. The van der Waals surface area contributed by atoms with E-state index in [4.69, 9.17) is 32.7 Å². The molecule has 110 valence electrons. The molecule has 1 saturated heterocycles. The molecule has 2 aliphatic rings. The minimum absolute atomic E-state index is 0.0299. The molecule has 1 aliphatic heterocycles. The van der Waals surface area contributed by atoms with Crippen molar-refractivity contribution in [3.8, 4) is 0 Å². The molecule has 0 aromatic heterocycles. The molecule has 20 heavy (non-hydrogen) atoms. The van der Waals surface area contributed by atoms with Crippen molar-refractivity contribution in [3.05, 3.63) is 35.9 Å². The molecule has 3 atom stereocenters. The fourth-order valence-corrected chi connectivity index (χ4v) is 3.93. The Bertz CT molecular complexity index is 429. The first kappa shape index (κ1) is 14.6. The maximum atomic E-state index is 6.41. The normalized spacial score (nSPS) is 32.0. The van der Waals surface area contributed by atoms with E-state index in [9.17, 15) is 0 Å². The van der Waals surface area contributed by atoms with Crippen molar-refractivity contribution in [1.82, 2.24) is 0 Å². The average molecular weight is 315 g/mol. The zero-order chi connectivity index (χ0) is 14.0. The van der Waals surface area contributed by atoms with E-state index in [1.54, 1.807) is 0 Å². The summed E-state index contributed by atoms with van der Waals surface area (Å²) in [6, 6.07) is 10.3. The van der Waals surface area contributed by atoms with Crippen LogP contribution in [0.3, 0.4) is 0 Å². The number of alkyl halides is 2. The molecule has 0 amide bonds. The van der Waals surface area contributed by atoms with Gasteiger partial charge in [0.2, 0.25) is 0 Å². The van der Waals surface area contributed by atoms with E-state index >= 15 is 0 Å². The van der Waals surface area contributed by atoms with Crippen molar-refractivity contribution in [3.63, 3.8) is 0 Å². The highest BCUT2D eigenvalue weighted by Gasteiger charge is 2.62. The molecule has 1 heterocycles. The van der Waals surface area contributed by atoms with Crippen molar-refractivity contribution >= 4 is 23.2 Å². The van der Waals surface area contributed by atoms with Crippen molar-refractivity contribution in [1.29, 1.82) is 0 Å². The number of rotatable bonds is 5. The Labute approximate surface area is 130 Å². The molecule has 0 radical (unpaired) electrons. The lowest BCUT2D eigenvalue weighted by Crippen LogP contribution is -2.22. The van der Waals surface area contributed by atoms with Crippen LogP contribution in [-0.2, 0) is 9.47 Å². The van der Waals surface area contributed by atoms with Gasteiger partial charge < -0.3 is 9.47 Å². The largest absolute Gasteiger partial charge is 0.353 e. The van der Waals surface area contributed by atoms with Gasteiger partial charge >= 0.3 is 0 Å². The van der Waals surface area contributed by atoms with Gasteiger partial charge in [0, 0.05) is 18.4 Å². The molecule has 1 aromatic rings. The van der Waals surface area contributed by atoms with Gasteiger partial charge in [-0.2, -0.15) is 0 Å². The van der Waals surface area contributed by atoms with Gasteiger partial charge in [0.25, 0.3) is 0 Å². The van der Waals surface area contributed by atoms with Gasteiger partial charge in [-0.15, -0.1) is 23.2 Å². The lowest BCUT2D eigenvalue weighted by molar-refractivity contribution is -0.163. The molecule has 1 aliphatic carbocycles. The maximum absolute atomic E-state index is 6.41. The highest BCUT2D eigenvalue weighted by molar-refractivity contribution is 6.51. The van der Waals surface area contributed by atoms with Crippen LogP contribution in [0.1, 0.15) is 37.2 Å². The van der Waals surface area contributed by atoms with Crippen LogP contribution >= 0.6 is 23.2 Å². The van der Waals surface area contributed by atoms with Crippen LogP contribution in [0.4, 0.5) is 0 Å². The van der Waals surface area contributed by atoms with E-state index in [0.29, 0.717) is 6.61 Å². The summed E-state index contributed by atoms with van der Waals surface area (Å²) >= 11 is 12.8. The van der Waals surface area contributed by atoms with Crippen molar-refractivity contribution in [2.45, 2.75) is 42.2 Å². The van der Waals surface area contributed by atoms with Crippen LogP contribution in [0.2, 0.25) is 0 Å². The van der Waals surface area contributed by atoms with Gasteiger partial charge in [0.1, 0.15) is 4.33 Å². The fourth-order valence-electron chi connectivity index (χ4n) is 3.03. The molecule has 4 heteroatoms. The standard InChI is InChI=1S/C16H20Cl2O2/c17-16(18)13(15(16)12-6-2-1-3-7-12)9-11-20-14-8-4-5-10-19-14/h1-3,6-7,13-15H,4-5,8-11H2/t13-,14?,15-/m1/s1. The minimum atomic E-state index is -0.641. The quantitative estimate of drug-likeness (QED) is 0.745. The number of hydrogen-bond donors (Lipinski definition) is 0. The van der Waals surface area contributed by atoms with Gasteiger partial charge in [-0.05, 0) is 31.2 Å². The van der Waals surface area contributed by atoms with E-state index in [-0.39, 0.29) is 18.1 Å². The van der Waals surface area contributed by atoms with Gasteiger partial charge in [-0.3, -0.25) is 0 Å². The first-order chi connectivity index (χ1) is 9.69. The monoisotopic (exact) mass is 314 g/mol. The summed E-state index contributed by atoms with van der Waals surface area (Å²) in [6.45, 7) is 1.48. The highest BCUT2D eigenvalue weighted by Crippen LogP contribution is 2.66. The molecule has 3 rings (SSSR count). The van der Waals surface area contributed by atoms with Crippen molar-refractivity contribution in [2.75, 3.05) is 13.2 Å². The van der Waals surface area contributed by atoms with Crippen LogP contribution in [0.15, 0.2) is 30.3 Å². The Morgan fingerprint density at radius 3 is 2.70 bits per heavy atom. The summed E-state index contributed by atoms with van der Waals surface area (Å²) in [6.07, 6.45) is 4.19. The molecule has 1 saturated carbocycles. The lowest BCUT2D eigenvalue weighted by Gasteiger charge is -2.22. The fraction of sp³-hybridized carbons (Fsp3) is 0.625. The summed E-state index contributed by atoms with van der Waals surface area (Å²) < 4.78 is 10.7. The third-order valence-electron chi connectivity index (χ3n) is 4.23. The SMILES string of the molecule is ClC1(Cl)[C@H](CCOC2CCCCO2)[C@H]1c1ccccc1. The molecule has 0 bridgehead atoms. The summed E-state index contributed by atoms with van der Waals surface area (Å²) in [5, 5.41) is 0. The minimum Gasteiger partial charge on any atom is -0.353 e. The van der Waals surface area contributed by atoms with Gasteiger partial charge in [-0.25, -0.2) is 0 Å². The summed E-state index contributed by atoms with van der Waals surface area (Å²) in [5.41, 5.74) is 1.22. The molecular formula is C16H20Cl2O2. The van der Waals surface area contributed by atoms with E-state index in [1.165, 1.54) is 12.0 Å². The molecule has 2 nitrogen and oxygen atoms in total. The zero-order valence-electron chi connectivity index (χ0n) is 11.4. The second-order valence-electron chi connectivity index (χ2n) is 5.62. The van der Waals surface area contributed by atoms with Crippen LogP contribution in [0.5, 0.6) is 0 Å². The third kappa shape index (κ3) is 3.14. The number of benzene rings is 1. The van der Waals surface area contributed by atoms with E-state index in [2.05, 4.69) is 12.1 Å². The molecule has 1 aromatic carbocycles. The number of hydrogen-bond acceptors (Lipinski definition) is 2. The molecule has 1 unspecified atom stereocenters. The van der Waals surface area contributed by atoms with Crippen molar-refractivity contribution in [2.24, 2.45) is 5.92 Å². The molecule has 0 spiro atoms. The second-order valence-corrected chi connectivity index (χ2v) is 7.07. The van der Waals surface area contributed by atoms with Gasteiger partial charge in [0.15, 0.2) is 6.29 Å². The highest BCUT2D eigenvalue weighted by atomic mass is 35.5. The van der Waals surface area contributed by atoms with Crippen molar-refractivity contribution < 1.29 is 9.47 Å². The predicted octanol–water partition coefficient (Wildman–Crippen LogP) is 4.51. The van der Waals surface area contributed by atoms with Crippen LogP contribution in [0, 0.1) is 5.92 Å². The van der Waals surface area contributed by atoms with E-state index in [1.807, 2.05) is 18.2 Å². The third-order valence-corrected chi connectivity index (χ3v) is 5.26. The summed E-state index contributed by atoms with van der Waals surface area (Å²) in [4.78, 5) is 0. The van der Waals surface area contributed by atoms with Crippen LogP contribution in [0.25, 0.3) is 0 Å². The topological polar surface area (TPSA) is 18.5 Å². The lowest BCUT2D eigenvalue weighted by atomic mass is 10.1. The van der Waals surface area contributed by atoms with Gasteiger partial charge in [-0.1, -0.05) is 30.3 Å². The van der Waals surface area contributed by atoms with E-state index < -0.39 is 4.33 Å². The smallest absolute Gasteiger partial charge is 0.157 e. The number of halogens is 2. The first-order valence-electron chi connectivity index (χ1n) is 7.35. The maximum Gasteiger partial charge on any atom is 0.157 e. The second kappa shape index (κ2) is 6.23. The Kier molecular flexibility index (Phi) is 4.56. The molecular weight excluding hydrogens is 295 g/mol. The Morgan fingerprint density at radius 1 is 1.20 bits per heavy atom. The number of ether oxygens (including phenoxy) is 2. The van der Waals surface area contributed by atoms with Crippen LogP contribution in [-0.4, -0.2) is 23.8 Å². The summed E-state index contributed by atoms with van der Waals surface area (Å²) in [7, 11) is 0.